The number of carbonyl (C=O) groups excluding carboxylic acids is 1. The number of nitrogens with zero attached hydrogens (tertiary/aromatic N) is 1. The molecule has 0 atom stereocenters. The topological polar surface area (TPSA) is 55.6 Å². The molecular weight excluding hydrogens is 266 g/mol. The molecule has 6 heteroatoms. The third-order valence-corrected chi connectivity index (χ3v) is 3.37. The molecule has 20 heavy (non-hydrogen) atoms. The molecule has 1 aromatic carbocycles. The number of halogens is 2. The highest BCUT2D eigenvalue weighted by molar-refractivity contribution is 5.95. The fourth-order valence-electron chi connectivity index (χ4n) is 2.48. The molecule has 0 radical (unpaired) electrons. The quantitative estimate of drug-likeness (QED) is 0.902. The van der Waals surface area contributed by atoms with Gasteiger partial charge in [0.15, 0.2) is 0 Å². The monoisotopic (exact) mass is 284 g/mol. The molecule has 1 saturated heterocycles. The molecule has 1 aliphatic heterocycles. The maximum Gasteiger partial charge on any atom is 0.387 e. The van der Waals surface area contributed by atoms with Crippen LogP contribution in [0.3, 0.4) is 0 Å². The Balaban J connectivity index is 1.94. The number of carbonyl (C=O) groups is 1. The molecule has 0 aliphatic carbocycles. The van der Waals surface area contributed by atoms with E-state index in [4.69, 9.17) is 5.73 Å². The predicted octanol–water partition coefficient (Wildman–Crippen LogP) is 2.24. The first-order chi connectivity index (χ1) is 9.43. The van der Waals surface area contributed by atoms with Crippen molar-refractivity contribution in [1.82, 2.24) is 4.90 Å². The molecule has 2 N–H and O–H groups in total. The van der Waals surface area contributed by atoms with Gasteiger partial charge in [-0.1, -0.05) is 13.3 Å². The molecule has 1 heterocycles. The van der Waals surface area contributed by atoms with E-state index in [-0.39, 0.29) is 17.2 Å². The average molecular weight is 284 g/mol. The Morgan fingerprint density at radius 3 is 2.50 bits per heavy atom. The van der Waals surface area contributed by atoms with Crippen LogP contribution >= 0.6 is 0 Å². The normalized spacial score (nSPS) is 16.9. The van der Waals surface area contributed by atoms with E-state index in [1.807, 2.05) is 0 Å². The largest absolute Gasteiger partial charge is 0.435 e. The fraction of sp³-hybridized carbons (Fsp3) is 0.500. The lowest BCUT2D eigenvalue weighted by atomic mass is 9.86. The van der Waals surface area contributed by atoms with Crippen molar-refractivity contribution in [3.8, 4) is 5.75 Å². The number of rotatable bonds is 5. The summed E-state index contributed by atoms with van der Waals surface area (Å²) in [6.45, 7) is 0.268. The van der Waals surface area contributed by atoms with Crippen LogP contribution in [0, 0.1) is 0 Å². The molecule has 1 aliphatic rings. The molecule has 1 amide bonds. The third kappa shape index (κ3) is 3.25. The minimum Gasteiger partial charge on any atom is -0.435 e. The lowest BCUT2D eigenvalue weighted by Crippen LogP contribution is -2.68. The summed E-state index contributed by atoms with van der Waals surface area (Å²) in [5, 5.41) is 0. The molecule has 110 valence electrons. The van der Waals surface area contributed by atoms with E-state index in [1.54, 1.807) is 4.90 Å². The van der Waals surface area contributed by atoms with E-state index in [1.165, 1.54) is 24.3 Å². The highest BCUT2D eigenvalue weighted by Crippen LogP contribution is 2.25. The molecule has 1 aromatic rings. The highest BCUT2D eigenvalue weighted by atomic mass is 19.3. The number of amides is 1. The van der Waals surface area contributed by atoms with Gasteiger partial charge >= 0.3 is 6.61 Å². The van der Waals surface area contributed by atoms with Gasteiger partial charge in [-0.05, 0) is 30.7 Å². The minimum absolute atomic E-state index is 0.0410. The summed E-state index contributed by atoms with van der Waals surface area (Å²) in [4.78, 5) is 13.8. The minimum atomic E-state index is -2.86. The molecule has 0 unspecified atom stereocenters. The van der Waals surface area contributed by atoms with Gasteiger partial charge in [-0.2, -0.15) is 8.78 Å². The van der Waals surface area contributed by atoms with Gasteiger partial charge in [0.1, 0.15) is 5.75 Å². The van der Waals surface area contributed by atoms with E-state index in [9.17, 15) is 13.6 Å². The average Bonchev–Trinajstić information content (AvgIpc) is 2.35. The van der Waals surface area contributed by atoms with Crippen molar-refractivity contribution in [3.63, 3.8) is 0 Å². The second-order valence-corrected chi connectivity index (χ2v) is 5.18. The molecule has 1 fully saturated rings. The first-order valence-corrected chi connectivity index (χ1v) is 6.56. The zero-order valence-electron chi connectivity index (χ0n) is 11.3. The van der Waals surface area contributed by atoms with Gasteiger partial charge in [-0.3, -0.25) is 4.79 Å². The number of ether oxygens (including phenoxy) is 1. The van der Waals surface area contributed by atoms with Gasteiger partial charge in [0.05, 0.1) is 5.54 Å². The van der Waals surface area contributed by atoms with Crippen molar-refractivity contribution in [1.29, 1.82) is 0 Å². The number of hydrogen-bond acceptors (Lipinski definition) is 3. The van der Waals surface area contributed by atoms with Crippen molar-refractivity contribution in [2.24, 2.45) is 5.73 Å². The third-order valence-electron chi connectivity index (χ3n) is 3.37. The summed E-state index contributed by atoms with van der Waals surface area (Å²) in [5.41, 5.74) is 6.28. The van der Waals surface area contributed by atoms with Crippen LogP contribution in [-0.2, 0) is 0 Å². The smallest absolute Gasteiger partial charge is 0.387 e. The van der Waals surface area contributed by atoms with Crippen LogP contribution < -0.4 is 10.5 Å². The summed E-state index contributed by atoms with van der Waals surface area (Å²) in [7, 11) is 0. The fourth-order valence-corrected chi connectivity index (χ4v) is 2.48. The van der Waals surface area contributed by atoms with E-state index in [2.05, 4.69) is 11.7 Å². The number of alkyl halides is 2. The van der Waals surface area contributed by atoms with Gasteiger partial charge < -0.3 is 15.4 Å². The second kappa shape index (κ2) is 5.75. The molecule has 2 rings (SSSR count). The number of nitrogens with two attached hydrogens (primary N) is 1. The molecular formula is C14H18F2N2O2. The molecule has 0 spiro atoms. The van der Waals surface area contributed by atoms with Crippen LogP contribution in [-0.4, -0.2) is 36.0 Å². The van der Waals surface area contributed by atoms with E-state index in [0.717, 1.165) is 12.8 Å². The lowest BCUT2D eigenvalue weighted by molar-refractivity contribution is -0.0498. The summed E-state index contributed by atoms with van der Waals surface area (Å²) < 4.78 is 28.3. The molecule has 0 saturated carbocycles. The van der Waals surface area contributed by atoms with Crippen LogP contribution in [0.5, 0.6) is 5.75 Å². The van der Waals surface area contributed by atoms with Crippen molar-refractivity contribution in [3.05, 3.63) is 29.8 Å². The van der Waals surface area contributed by atoms with Gasteiger partial charge in [0.2, 0.25) is 0 Å². The predicted molar refractivity (Wildman–Crippen MR) is 70.8 cm³/mol. The SMILES string of the molecule is CCCC1(N)CN(C(=O)c2ccc(OC(F)F)cc2)C1. The Hall–Kier alpha value is -1.69. The highest BCUT2D eigenvalue weighted by Gasteiger charge is 2.41. The van der Waals surface area contributed by atoms with Crippen molar-refractivity contribution >= 4 is 5.91 Å². The van der Waals surface area contributed by atoms with Gasteiger partial charge in [-0.25, -0.2) is 0 Å². The maximum atomic E-state index is 12.1. The zero-order chi connectivity index (χ0) is 14.8. The van der Waals surface area contributed by atoms with E-state index >= 15 is 0 Å². The maximum absolute atomic E-state index is 12.1. The van der Waals surface area contributed by atoms with Crippen LogP contribution in [0.1, 0.15) is 30.1 Å². The summed E-state index contributed by atoms with van der Waals surface area (Å²) in [6.07, 6.45) is 1.87. The van der Waals surface area contributed by atoms with Crippen LogP contribution in [0.4, 0.5) is 8.78 Å². The Kier molecular flexibility index (Phi) is 4.23. The van der Waals surface area contributed by atoms with E-state index < -0.39 is 6.61 Å². The van der Waals surface area contributed by atoms with Gasteiger partial charge in [0.25, 0.3) is 5.91 Å². The summed E-state index contributed by atoms with van der Waals surface area (Å²) in [5.74, 6) is -0.0925. The van der Waals surface area contributed by atoms with Crippen LogP contribution in [0.15, 0.2) is 24.3 Å². The number of likely N-dealkylation sites (tertiary alicyclic amines) is 1. The Bertz CT molecular complexity index is 471. The van der Waals surface area contributed by atoms with E-state index in [0.29, 0.717) is 18.7 Å². The van der Waals surface area contributed by atoms with Crippen molar-refractivity contribution in [2.75, 3.05) is 13.1 Å². The molecule has 0 aromatic heterocycles. The Morgan fingerprint density at radius 1 is 1.40 bits per heavy atom. The van der Waals surface area contributed by atoms with Gasteiger partial charge in [0, 0.05) is 18.7 Å². The second-order valence-electron chi connectivity index (χ2n) is 5.18. The first-order valence-electron chi connectivity index (χ1n) is 6.56. The zero-order valence-corrected chi connectivity index (χ0v) is 11.3. The lowest BCUT2D eigenvalue weighted by Gasteiger charge is -2.47. The van der Waals surface area contributed by atoms with Crippen LogP contribution in [0.25, 0.3) is 0 Å². The number of hydrogen-bond donors (Lipinski definition) is 1. The first kappa shape index (κ1) is 14.7. The van der Waals surface area contributed by atoms with Crippen molar-refractivity contribution < 1.29 is 18.3 Å². The number of benzene rings is 1. The summed E-state index contributed by atoms with van der Waals surface area (Å²) in [6, 6.07) is 5.69. The van der Waals surface area contributed by atoms with Gasteiger partial charge in [-0.15, -0.1) is 0 Å². The Morgan fingerprint density at radius 2 is 2.00 bits per heavy atom. The van der Waals surface area contributed by atoms with Crippen molar-refractivity contribution in [2.45, 2.75) is 31.9 Å². The van der Waals surface area contributed by atoms with Crippen LogP contribution in [0.2, 0.25) is 0 Å². The molecule has 4 nitrogen and oxygen atoms in total. The molecule has 0 bridgehead atoms. The standard InChI is InChI=1S/C14H18F2N2O2/c1-2-7-14(17)8-18(9-14)12(19)10-3-5-11(6-4-10)20-13(15)16/h3-6,13H,2,7-9,17H2,1H3. The summed E-state index contributed by atoms with van der Waals surface area (Å²) >= 11 is 0. The Labute approximate surface area is 116 Å².